The molecule has 0 atom stereocenters. The molecule has 4 rings (SSSR count). The summed E-state index contributed by atoms with van der Waals surface area (Å²) >= 11 is 0. The molecule has 0 saturated heterocycles. The summed E-state index contributed by atoms with van der Waals surface area (Å²) in [6.45, 7) is 3.70. The first kappa shape index (κ1) is 18.3. The van der Waals surface area contributed by atoms with Crippen LogP contribution in [0, 0.1) is 13.8 Å². The maximum atomic E-state index is 12.4. The van der Waals surface area contributed by atoms with Crippen LogP contribution in [0.4, 0.5) is 0 Å². The number of sulfonamides is 1. The summed E-state index contributed by atoms with van der Waals surface area (Å²) in [6, 6.07) is 11.0. The Labute approximate surface area is 161 Å². The maximum absolute atomic E-state index is 12.4. The molecule has 28 heavy (non-hydrogen) atoms. The Balaban J connectivity index is 1.50. The molecule has 0 unspecified atom stereocenters. The van der Waals surface area contributed by atoms with Gasteiger partial charge in [-0.25, -0.2) is 13.1 Å². The van der Waals surface area contributed by atoms with Crippen LogP contribution in [-0.4, -0.2) is 33.2 Å². The molecule has 0 amide bonds. The van der Waals surface area contributed by atoms with Gasteiger partial charge in [0.2, 0.25) is 10.0 Å². The van der Waals surface area contributed by atoms with E-state index in [1.165, 1.54) is 0 Å². The number of benzene rings is 1. The van der Waals surface area contributed by atoms with Gasteiger partial charge in [0.15, 0.2) is 17.3 Å². The molecule has 0 aliphatic heterocycles. The van der Waals surface area contributed by atoms with Crippen LogP contribution in [0.25, 0.3) is 17.1 Å². The highest BCUT2D eigenvalue weighted by atomic mass is 32.2. The molecule has 0 aliphatic rings. The molecule has 0 aliphatic carbocycles. The van der Waals surface area contributed by atoms with E-state index in [2.05, 4.69) is 25.1 Å². The lowest BCUT2D eigenvalue weighted by molar-refractivity contribution is 0.425. The van der Waals surface area contributed by atoms with Gasteiger partial charge in [-0.05, 0) is 31.5 Å². The molecule has 0 spiro atoms. The summed E-state index contributed by atoms with van der Waals surface area (Å²) in [5.41, 5.74) is 3.02. The molecule has 10 heteroatoms. The molecule has 0 bridgehead atoms. The number of hydrogen-bond donors (Lipinski definition) is 1. The van der Waals surface area contributed by atoms with E-state index in [0.29, 0.717) is 28.8 Å². The molecule has 0 saturated carbocycles. The average molecular weight is 398 g/mol. The van der Waals surface area contributed by atoms with E-state index >= 15 is 0 Å². The van der Waals surface area contributed by atoms with Crippen molar-refractivity contribution >= 4 is 15.7 Å². The highest BCUT2D eigenvalue weighted by Crippen LogP contribution is 2.19. The second-order valence-corrected chi connectivity index (χ2v) is 8.28. The summed E-state index contributed by atoms with van der Waals surface area (Å²) in [5, 5.41) is 11.9. The molecule has 9 nitrogen and oxygen atoms in total. The number of hydrogen-bond acceptors (Lipinski definition) is 7. The van der Waals surface area contributed by atoms with Gasteiger partial charge in [0.25, 0.3) is 5.89 Å². The van der Waals surface area contributed by atoms with Crippen molar-refractivity contribution in [3.63, 3.8) is 0 Å². The van der Waals surface area contributed by atoms with Crippen molar-refractivity contribution in [1.82, 2.24) is 29.5 Å². The Morgan fingerprint density at radius 3 is 2.75 bits per heavy atom. The normalized spacial score (nSPS) is 11.9. The van der Waals surface area contributed by atoms with E-state index in [9.17, 15) is 8.42 Å². The lowest BCUT2D eigenvalue weighted by atomic mass is 10.2. The van der Waals surface area contributed by atoms with Gasteiger partial charge in [-0.15, -0.1) is 10.2 Å². The van der Waals surface area contributed by atoms with Crippen molar-refractivity contribution in [3.05, 3.63) is 65.4 Å². The van der Waals surface area contributed by atoms with E-state index in [1.54, 1.807) is 35.7 Å². The van der Waals surface area contributed by atoms with Crippen LogP contribution in [0.5, 0.6) is 0 Å². The third-order valence-corrected chi connectivity index (χ3v) is 5.44. The van der Waals surface area contributed by atoms with E-state index < -0.39 is 10.0 Å². The van der Waals surface area contributed by atoms with Crippen molar-refractivity contribution in [2.24, 2.45) is 0 Å². The lowest BCUT2D eigenvalue weighted by Crippen LogP contribution is -2.25. The molecule has 0 fully saturated rings. The zero-order valence-electron chi connectivity index (χ0n) is 15.3. The molecule has 144 valence electrons. The third kappa shape index (κ3) is 3.92. The summed E-state index contributed by atoms with van der Waals surface area (Å²) < 4.78 is 34.2. The minimum atomic E-state index is -3.51. The molecule has 1 aromatic carbocycles. The Morgan fingerprint density at radius 2 is 2.00 bits per heavy atom. The van der Waals surface area contributed by atoms with Crippen molar-refractivity contribution in [1.29, 1.82) is 0 Å². The van der Waals surface area contributed by atoms with Crippen LogP contribution in [-0.2, 0) is 22.3 Å². The van der Waals surface area contributed by atoms with Crippen molar-refractivity contribution in [3.8, 4) is 11.5 Å². The number of aryl methyl sites for hydroxylation is 2. The van der Waals surface area contributed by atoms with Crippen LogP contribution in [0.2, 0.25) is 0 Å². The Kier molecular flexibility index (Phi) is 4.65. The van der Waals surface area contributed by atoms with Crippen LogP contribution < -0.4 is 4.72 Å². The maximum Gasteiger partial charge on any atom is 0.258 e. The van der Waals surface area contributed by atoms with E-state index in [4.69, 9.17) is 4.52 Å². The molecule has 1 N–H and O–H groups in total. The number of aromatic nitrogens is 5. The highest BCUT2D eigenvalue weighted by molar-refractivity contribution is 7.88. The quantitative estimate of drug-likeness (QED) is 0.528. The van der Waals surface area contributed by atoms with Gasteiger partial charge in [-0.3, -0.25) is 4.40 Å². The number of fused-ring (bicyclic) bond motifs is 1. The summed E-state index contributed by atoms with van der Waals surface area (Å²) in [6.07, 6.45) is 1.74. The predicted octanol–water partition coefficient (Wildman–Crippen LogP) is 2.02. The largest absolute Gasteiger partial charge is 0.334 e. The SMILES string of the molecule is Cc1cccc(CS(=O)(=O)NCc2nnc3cc(-c4nc(C)no4)ccn23)c1. The molecule has 3 heterocycles. The average Bonchev–Trinajstić information content (AvgIpc) is 3.25. The van der Waals surface area contributed by atoms with E-state index in [0.717, 1.165) is 11.1 Å². The standard InChI is InChI=1S/C18H18N6O3S/c1-12-4-3-5-14(8-12)11-28(25,26)19-10-17-22-21-16-9-15(6-7-24(16)17)18-20-13(2)23-27-18/h3-9,19H,10-11H2,1-2H3. The van der Waals surface area contributed by atoms with Gasteiger partial charge in [-0.2, -0.15) is 4.98 Å². The fourth-order valence-corrected chi connectivity index (χ4v) is 3.92. The lowest BCUT2D eigenvalue weighted by Gasteiger charge is -2.07. The zero-order valence-corrected chi connectivity index (χ0v) is 16.1. The van der Waals surface area contributed by atoms with Gasteiger partial charge >= 0.3 is 0 Å². The smallest absolute Gasteiger partial charge is 0.258 e. The van der Waals surface area contributed by atoms with Gasteiger partial charge < -0.3 is 4.52 Å². The van der Waals surface area contributed by atoms with Gasteiger partial charge in [0.1, 0.15) is 0 Å². The number of pyridine rings is 1. The topological polar surface area (TPSA) is 115 Å². The predicted molar refractivity (Wildman–Crippen MR) is 102 cm³/mol. The third-order valence-electron chi connectivity index (χ3n) is 4.14. The van der Waals surface area contributed by atoms with Crippen molar-refractivity contribution in [2.45, 2.75) is 26.1 Å². The second kappa shape index (κ2) is 7.13. The minimum Gasteiger partial charge on any atom is -0.334 e. The number of nitrogens with zero attached hydrogens (tertiary/aromatic N) is 5. The first-order chi connectivity index (χ1) is 13.4. The fourth-order valence-electron chi connectivity index (χ4n) is 2.86. The van der Waals surface area contributed by atoms with Crippen LogP contribution in [0.15, 0.2) is 47.1 Å². The fraction of sp³-hybridized carbons (Fsp3) is 0.222. The molecular weight excluding hydrogens is 380 g/mol. The number of nitrogens with one attached hydrogen (secondary N) is 1. The van der Waals surface area contributed by atoms with E-state index in [-0.39, 0.29) is 12.3 Å². The first-order valence-corrected chi connectivity index (χ1v) is 10.2. The van der Waals surface area contributed by atoms with Crippen LogP contribution in [0.1, 0.15) is 22.8 Å². The van der Waals surface area contributed by atoms with Crippen LogP contribution in [0.3, 0.4) is 0 Å². The monoisotopic (exact) mass is 398 g/mol. The van der Waals surface area contributed by atoms with Gasteiger partial charge in [0, 0.05) is 11.8 Å². The second-order valence-electron chi connectivity index (χ2n) is 6.48. The molecule has 3 aromatic heterocycles. The Hall–Kier alpha value is -3.11. The molecule has 4 aromatic rings. The van der Waals surface area contributed by atoms with E-state index in [1.807, 2.05) is 25.1 Å². The van der Waals surface area contributed by atoms with Crippen molar-refractivity contribution in [2.75, 3.05) is 0 Å². The molecule has 0 radical (unpaired) electrons. The zero-order chi connectivity index (χ0) is 19.7. The Morgan fingerprint density at radius 1 is 1.14 bits per heavy atom. The Bertz CT molecular complexity index is 1250. The molecular formula is C18H18N6O3S. The minimum absolute atomic E-state index is 0.0360. The van der Waals surface area contributed by atoms with Gasteiger partial charge in [-0.1, -0.05) is 35.0 Å². The summed E-state index contributed by atoms with van der Waals surface area (Å²) in [4.78, 5) is 4.18. The van der Waals surface area contributed by atoms with Crippen molar-refractivity contribution < 1.29 is 12.9 Å². The summed E-state index contributed by atoms with van der Waals surface area (Å²) in [5.74, 6) is 1.33. The number of rotatable bonds is 6. The van der Waals surface area contributed by atoms with Crippen LogP contribution >= 0.6 is 0 Å². The first-order valence-electron chi connectivity index (χ1n) is 8.57. The van der Waals surface area contributed by atoms with Gasteiger partial charge in [0.05, 0.1) is 12.3 Å². The summed E-state index contributed by atoms with van der Waals surface area (Å²) in [7, 11) is -3.51. The highest BCUT2D eigenvalue weighted by Gasteiger charge is 2.15.